The summed E-state index contributed by atoms with van der Waals surface area (Å²) in [5.41, 5.74) is 8.67. The number of hydrogen-bond donors (Lipinski definition) is 1. The monoisotopic (exact) mass is 1040 g/mol. The SMILES string of the molecule is CCS(=O)(=O)N(Cc1ccc(-c2nnc(C(F)F)o2)cc1F)c1ccc(CN2CCN(C(C)=O)CC2)cc1.CCS(=O)(=O)N(Cc1ccc(C(=O)CN)cc1F)c1ccc(CN2CCN(C(C)=O)CC2)cc1. The summed E-state index contributed by atoms with van der Waals surface area (Å²) in [5.74, 6) is -3.09. The quantitative estimate of drug-likeness (QED) is 0.0813. The van der Waals surface area contributed by atoms with Gasteiger partial charge in [0.25, 0.3) is 5.89 Å². The second-order valence-corrected chi connectivity index (χ2v) is 21.6. The van der Waals surface area contributed by atoms with E-state index < -0.39 is 44.0 Å². The Morgan fingerprint density at radius 2 is 1.07 bits per heavy atom. The van der Waals surface area contributed by atoms with Crippen LogP contribution in [0.5, 0.6) is 0 Å². The van der Waals surface area contributed by atoms with Crippen LogP contribution in [-0.4, -0.2) is 135 Å². The summed E-state index contributed by atoms with van der Waals surface area (Å²) < 4.78 is 114. The van der Waals surface area contributed by atoms with Gasteiger partial charge in [0.15, 0.2) is 5.78 Å². The minimum Gasteiger partial charge on any atom is -0.415 e. The van der Waals surface area contributed by atoms with E-state index in [0.29, 0.717) is 50.6 Å². The van der Waals surface area contributed by atoms with Gasteiger partial charge in [0.05, 0.1) is 42.5 Å². The Bertz CT molecular complexity index is 2900. The van der Waals surface area contributed by atoms with Gasteiger partial charge in [0.1, 0.15) is 11.6 Å². The van der Waals surface area contributed by atoms with Crippen molar-refractivity contribution in [2.75, 3.05) is 79.0 Å². The van der Waals surface area contributed by atoms with Gasteiger partial charge in [-0.25, -0.2) is 25.6 Å². The minimum atomic E-state index is -3.76. The lowest BCUT2D eigenvalue weighted by atomic mass is 10.1. The van der Waals surface area contributed by atoms with E-state index in [1.807, 2.05) is 29.2 Å². The Labute approximate surface area is 417 Å². The van der Waals surface area contributed by atoms with Crippen molar-refractivity contribution in [2.45, 2.75) is 60.3 Å². The highest BCUT2D eigenvalue weighted by molar-refractivity contribution is 7.93. The Morgan fingerprint density at radius 3 is 1.43 bits per heavy atom. The number of ketones is 1. The molecular formula is C49H59F4N9O8S2. The number of sulfonamides is 2. The van der Waals surface area contributed by atoms with E-state index in [2.05, 4.69) is 20.0 Å². The summed E-state index contributed by atoms with van der Waals surface area (Å²) >= 11 is 0. The molecule has 17 nitrogen and oxygen atoms in total. The number of rotatable bonds is 18. The average molecular weight is 1040 g/mol. The first-order valence-electron chi connectivity index (χ1n) is 23.3. The molecule has 1 aromatic heterocycles. The van der Waals surface area contributed by atoms with Crippen LogP contribution in [0, 0.1) is 11.6 Å². The third-order valence-electron chi connectivity index (χ3n) is 12.4. The summed E-state index contributed by atoms with van der Waals surface area (Å²) in [6.45, 7) is 12.6. The third kappa shape index (κ3) is 14.2. The van der Waals surface area contributed by atoms with E-state index in [1.165, 1.54) is 42.4 Å². The number of benzene rings is 4. The largest absolute Gasteiger partial charge is 0.415 e. The first-order chi connectivity index (χ1) is 34.2. The highest BCUT2D eigenvalue weighted by Crippen LogP contribution is 2.29. The number of hydrogen-bond acceptors (Lipinski definition) is 13. The topological polar surface area (TPSA) is 204 Å². The van der Waals surface area contributed by atoms with Crippen molar-refractivity contribution >= 4 is 49.0 Å². The van der Waals surface area contributed by atoms with Gasteiger partial charge in [-0.3, -0.25) is 32.8 Å². The molecule has 4 aromatic carbocycles. The number of carbonyl (C=O) groups is 3. The van der Waals surface area contributed by atoms with Crippen LogP contribution in [0.1, 0.15) is 72.6 Å². The van der Waals surface area contributed by atoms with Crippen LogP contribution in [0.2, 0.25) is 0 Å². The fraction of sp³-hybridized carbons (Fsp3) is 0.408. The average Bonchev–Trinajstić information content (AvgIpc) is 3.88. The van der Waals surface area contributed by atoms with E-state index in [9.17, 15) is 48.8 Å². The molecule has 0 aliphatic carbocycles. The molecule has 0 atom stereocenters. The van der Waals surface area contributed by atoms with Gasteiger partial charge < -0.3 is 20.0 Å². The van der Waals surface area contributed by atoms with Crippen LogP contribution < -0.4 is 14.3 Å². The summed E-state index contributed by atoms with van der Waals surface area (Å²) in [4.78, 5) is 42.8. The van der Waals surface area contributed by atoms with Crippen molar-refractivity contribution in [1.29, 1.82) is 0 Å². The predicted octanol–water partition coefficient (Wildman–Crippen LogP) is 5.82. The highest BCUT2D eigenvalue weighted by Gasteiger charge is 2.26. The number of amides is 2. The Balaban J connectivity index is 0.000000237. The van der Waals surface area contributed by atoms with Crippen molar-refractivity contribution in [1.82, 2.24) is 29.8 Å². The fourth-order valence-corrected chi connectivity index (χ4v) is 10.2. The van der Waals surface area contributed by atoms with E-state index >= 15 is 0 Å². The molecule has 7 rings (SSSR count). The lowest BCUT2D eigenvalue weighted by Crippen LogP contribution is -2.47. The summed E-state index contributed by atoms with van der Waals surface area (Å²) in [7, 11) is -7.44. The van der Waals surface area contributed by atoms with Crippen molar-refractivity contribution in [2.24, 2.45) is 5.73 Å². The first-order valence-corrected chi connectivity index (χ1v) is 26.5. The molecule has 0 radical (unpaired) electrons. The zero-order chi connectivity index (χ0) is 52.3. The zero-order valence-corrected chi connectivity index (χ0v) is 42.1. The predicted molar refractivity (Wildman–Crippen MR) is 264 cm³/mol. The van der Waals surface area contributed by atoms with Crippen molar-refractivity contribution in [3.05, 3.63) is 130 Å². The number of aromatic nitrogens is 2. The van der Waals surface area contributed by atoms with Gasteiger partial charge >= 0.3 is 6.43 Å². The molecule has 2 N–H and O–H groups in total. The molecule has 0 unspecified atom stereocenters. The smallest absolute Gasteiger partial charge is 0.314 e. The molecular weight excluding hydrogens is 983 g/mol. The number of carbonyl (C=O) groups excluding carboxylic acids is 3. The third-order valence-corrected chi connectivity index (χ3v) is 15.9. The maximum atomic E-state index is 15.0. The van der Waals surface area contributed by atoms with E-state index in [4.69, 9.17) is 10.2 Å². The second-order valence-electron chi connectivity index (χ2n) is 17.2. The molecule has 2 saturated heterocycles. The summed E-state index contributed by atoms with van der Waals surface area (Å²) in [6.07, 6.45) is -2.95. The molecule has 2 aliphatic heterocycles. The van der Waals surface area contributed by atoms with Gasteiger partial charge in [-0.1, -0.05) is 42.5 Å². The Kier molecular flexibility index (Phi) is 18.7. The first kappa shape index (κ1) is 55.1. The molecule has 0 spiro atoms. The zero-order valence-electron chi connectivity index (χ0n) is 40.5. The van der Waals surface area contributed by atoms with Crippen LogP contribution in [0.25, 0.3) is 11.5 Å². The number of nitrogens with two attached hydrogens (primary N) is 1. The number of halogens is 4. The minimum absolute atomic E-state index is 0.0628. The van der Waals surface area contributed by atoms with Gasteiger partial charge in [-0.2, -0.15) is 8.78 Å². The molecule has 2 fully saturated rings. The highest BCUT2D eigenvalue weighted by atomic mass is 32.2. The number of alkyl halides is 2. The van der Waals surface area contributed by atoms with Crippen LogP contribution in [0.3, 0.4) is 0 Å². The summed E-state index contributed by atoms with van der Waals surface area (Å²) in [5, 5.41) is 6.74. The maximum absolute atomic E-state index is 15.0. The van der Waals surface area contributed by atoms with Crippen LogP contribution in [0.15, 0.2) is 89.3 Å². The molecule has 2 aliphatic rings. The number of Topliss-reactive ketones (excluding diaryl/α,β-unsaturated/α-hetero) is 1. The second kappa shape index (κ2) is 24.4. The van der Waals surface area contributed by atoms with Crippen molar-refractivity contribution in [3.8, 4) is 11.5 Å². The van der Waals surface area contributed by atoms with Crippen molar-refractivity contribution in [3.63, 3.8) is 0 Å². The maximum Gasteiger partial charge on any atom is 0.314 e. The van der Waals surface area contributed by atoms with Gasteiger partial charge in [0, 0.05) is 102 Å². The normalized spacial score (nSPS) is 14.8. The standard InChI is InChI=1S/C25H28F3N5O4S.C24H31FN4O4S/c1-3-38(35,36)33(16-20-7-6-19(14-22(20)26)24-29-30-25(37-24)23(27)28)21-8-4-18(5-9-21)15-31-10-12-32(13-11-31)17(2)34;1-3-34(32,33)29(17-21-7-6-20(14-23(21)25)24(31)15-26)22-8-4-19(5-9-22)16-27-10-12-28(13-11-27)18(2)30/h4-9,14,23H,3,10-13,15-16H2,1-2H3;4-9,14H,3,10-13,15-17,26H2,1-2H3. The molecule has 2 amide bonds. The van der Waals surface area contributed by atoms with Crippen LogP contribution in [0.4, 0.5) is 28.9 Å². The van der Waals surface area contributed by atoms with Crippen molar-refractivity contribution < 1.29 is 53.2 Å². The Morgan fingerprint density at radius 1 is 0.639 bits per heavy atom. The lowest BCUT2D eigenvalue weighted by molar-refractivity contribution is -0.131. The molecule has 23 heteroatoms. The molecule has 0 saturated carbocycles. The molecule has 3 heterocycles. The Hall–Kier alpha value is -6.27. The summed E-state index contributed by atoms with van der Waals surface area (Å²) in [6, 6.07) is 22.0. The van der Waals surface area contributed by atoms with E-state index in [-0.39, 0.29) is 76.9 Å². The van der Waals surface area contributed by atoms with Crippen LogP contribution in [-0.2, 0) is 55.8 Å². The number of nitrogens with zero attached hydrogens (tertiary/aromatic N) is 8. The van der Waals surface area contributed by atoms with Crippen LogP contribution >= 0.6 is 0 Å². The van der Waals surface area contributed by atoms with Gasteiger partial charge in [-0.15, -0.1) is 10.2 Å². The molecule has 5 aromatic rings. The lowest BCUT2D eigenvalue weighted by Gasteiger charge is -2.34. The molecule has 0 bridgehead atoms. The molecule has 72 heavy (non-hydrogen) atoms. The number of anilines is 2. The van der Waals surface area contributed by atoms with Gasteiger partial charge in [0.2, 0.25) is 37.8 Å². The van der Waals surface area contributed by atoms with E-state index in [1.54, 1.807) is 43.0 Å². The fourth-order valence-electron chi connectivity index (χ4n) is 8.03. The number of piperazine rings is 2. The van der Waals surface area contributed by atoms with Gasteiger partial charge in [-0.05, 0) is 67.4 Å². The van der Waals surface area contributed by atoms with E-state index in [0.717, 1.165) is 53.7 Å². The molecule has 388 valence electrons.